The Morgan fingerprint density at radius 1 is 0.583 bits per heavy atom. The molecule has 0 N–H and O–H groups in total. The van der Waals surface area contributed by atoms with Gasteiger partial charge in [-0.25, -0.2) is 0 Å². The zero-order chi connectivity index (χ0) is 22.4. The summed E-state index contributed by atoms with van der Waals surface area (Å²) in [4.78, 5) is 2.49. The van der Waals surface area contributed by atoms with Crippen LogP contribution in [0.1, 0.15) is 0 Å². The molecule has 0 aliphatic carbocycles. The van der Waals surface area contributed by atoms with E-state index in [-0.39, 0.29) is 41.1 Å². The second kappa shape index (κ2) is 12.2. The monoisotopic (exact) mass is 688 g/mol. The molecule has 6 rings (SSSR count). The van der Waals surface area contributed by atoms with Crippen molar-refractivity contribution in [3.63, 3.8) is 0 Å². The number of fused-ring (bicyclic) bond motifs is 2. The summed E-state index contributed by atoms with van der Waals surface area (Å²) in [5.41, 5.74) is 4.99. The molecule has 0 fully saturated rings. The van der Waals surface area contributed by atoms with Crippen molar-refractivity contribution in [1.82, 2.24) is 0 Å². The van der Waals surface area contributed by atoms with Crippen molar-refractivity contribution in [2.45, 2.75) is 9.79 Å². The molecule has 176 valence electrons. The second-order valence-corrected chi connectivity index (χ2v) is 10.9. The Morgan fingerprint density at radius 2 is 1.17 bits per heavy atom. The van der Waals surface area contributed by atoms with Crippen molar-refractivity contribution >= 4 is 65.2 Å². The summed E-state index contributed by atoms with van der Waals surface area (Å²) in [6, 6.07) is 39.2. The fourth-order valence-electron chi connectivity index (χ4n) is 4.36. The van der Waals surface area contributed by atoms with Crippen molar-refractivity contribution in [2.75, 3.05) is 0 Å². The van der Waals surface area contributed by atoms with E-state index in [0.29, 0.717) is 0 Å². The van der Waals surface area contributed by atoms with Gasteiger partial charge >= 0.3 is 26.2 Å². The Balaban J connectivity index is 0.00000120. The molecule has 0 bridgehead atoms. The third kappa shape index (κ3) is 5.58. The molecule has 0 atom stereocenters. The molecule has 6 aromatic rings. The van der Waals surface area contributed by atoms with Gasteiger partial charge < -0.3 is 14.9 Å². The van der Waals surface area contributed by atoms with Crippen LogP contribution in [0.4, 0.5) is 0 Å². The Kier molecular flexibility index (Phi) is 9.80. The van der Waals surface area contributed by atoms with Gasteiger partial charge in [0.25, 0.3) is 0 Å². The molecule has 0 nitrogen and oxygen atoms in total. The van der Waals surface area contributed by atoms with Crippen LogP contribution in [0, 0.1) is 14.9 Å². The molecular formula is C32H24Br2SZr. The zero-order valence-corrected chi connectivity index (χ0v) is 26.5. The first kappa shape index (κ1) is 28.9. The van der Waals surface area contributed by atoms with Gasteiger partial charge in [-0.1, -0.05) is 108 Å². The Morgan fingerprint density at radius 3 is 1.81 bits per heavy atom. The molecule has 0 spiro atoms. The number of hydrogen-bond donors (Lipinski definition) is 0. The van der Waals surface area contributed by atoms with Crippen LogP contribution in [0.2, 0.25) is 0 Å². The fourth-order valence-corrected chi connectivity index (χ4v) is 6.59. The van der Waals surface area contributed by atoms with Crippen LogP contribution in [0.5, 0.6) is 0 Å². The Hall–Kier alpha value is -1.71. The standard InChI is InChI=1S/C30H18Br2S.2CH3.Zr/c31-28-11-12-30(27-17-22(16-26(27)28)20-9-5-2-6-10-20)33-24-14-23-13-21(15-25(23)29(32)18-24)19-7-3-1-4-8-19;;;/h1-18H;2*1H3;/q-2;2*-1;+4. The summed E-state index contributed by atoms with van der Waals surface area (Å²) in [6.45, 7) is 0. The molecule has 0 aliphatic heterocycles. The SMILES string of the molecule is Brc1cc(Sc2ccc(Br)c3[cH-]c(-c4ccccc4)cc23)cc2cc(-c3ccccc3)[cH-]c12.[CH3-].[CH3-].[Zr+4]. The van der Waals surface area contributed by atoms with Gasteiger partial charge in [0, 0.05) is 0 Å². The first-order valence-electron chi connectivity index (χ1n) is 10.7. The average molecular weight is 692 g/mol. The number of rotatable bonds is 4. The summed E-state index contributed by atoms with van der Waals surface area (Å²) in [5.74, 6) is 0. The van der Waals surface area contributed by atoms with Gasteiger partial charge in [-0.05, 0) is 18.7 Å². The van der Waals surface area contributed by atoms with Gasteiger partial charge in [0.2, 0.25) is 0 Å². The van der Waals surface area contributed by atoms with E-state index in [0.717, 1.165) is 8.95 Å². The Labute approximate surface area is 254 Å². The van der Waals surface area contributed by atoms with Crippen LogP contribution < -0.4 is 0 Å². The van der Waals surface area contributed by atoms with Gasteiger partial charge in [0.1, 0.15) is 0 Å². The maximum atomic E-state index is 3.82. The van der Waals surface area contributed by atoms with Crippen molar-refractivity contribution in [1.29, 1.82) is 0 Å². The first-order valence-corrected chi connectivity index (χ1v) is 13.1. The summed E-state index contributed by atoms with van der Waals surface area (Å²) < 4.78 is 2.26. The van der Waals surface area contributed by atoms with E-state index in [1.807, 2.05) is 11.8 Å². The molecule has 0 radical (unpaired) electrons. The van der Waals surface area contributed by atoms with E-state index in [4.69, 9.17) is 0 Å². The molecule has 0 amide bonds. The number of halogens is 2. The van der Waals surface area contributed by atoms with Crippen LogP contribution in [-0.4, -0.2) is 0 Å². The molecule has 0 aliphatic rings. The first-order chi connectivity index (χ1) is 16.2. The van der Waals surface area contributed by atoms with Crippen LogP contribution in [-0.2, 0) is 26.2 Å². The molecule has 0 unspecified atom stereocenters. The predicted molar refractivity (Wildman–Crippen MR) is 162 cm³/mol. The normalized spacial score (nSPS) is 10.5. The minimum absolute atomic E-state index is 0. The van der Waals surface area contributed by atoms with Crippen molar-refractivity contribution < 1.29 is 26.2 Å². The number of hydrogen-bond acceptors (Lipinski definition) is 1. The Bertz CT molecular complexity index is 1600. The molecule has 36 heavy (non-hydrogen) atoms. The maximum absolute atomic E-state index is 3.82. The van der Waals surface area contributed by atoms with E-state index in [9.17, 15) is 0 Å². The van der Waals surface area contributed by atoms with E-state index >= 15 is 0 Å². The largest absolute Gasteiger partial charge is 4.00 e. The molecule has 0 aromatic heterocycles. The van der Waals surface area contributed by atoms with Gasteiger partial charge in [-0.3, -0.25) is 0 Å². The zero-order valence-electron chi connectivity index (χ0n) is 20.1. The topological polar surface area (TPSA) is 0 Å². The third-order valence-corrected chi connectivity index (χ3v) is 8.38. The maximum Gasteiger partial charge on any atom is 4.00 e. The molecule has 0 saturated heterocycles. The quantitative estimate of drug-likeness (QED) is 0.166. The molecule has 6 aromatic carbocycles. The summed E-state index contributed by atoms with van der Waals surface area (Å²) in [6.07, 6.45) is 0. The van der Waals surface area contributed by atoms with E-state index in [2.05, 4.69) is 141 Å². The van der Waals surface area contributed by atoms with Gasteiger partial charge in [0.05, 0.1) is 0 Å². The van der Waals surface area contributed by atoms with Crippen molar-refractivity contribution in [2.24, 2.45) is 0 Å². The second-order valence-electron chi connectivity index (χ2n) is 8.10. The average Bonchev–Trinajstić information content (AvgIpc) is 3.48. The van der Waals surface area contributed by atoms with Crippen LogP contribution in [0.25, 0.3) is 43.8 Å². The van der Waals surface area contributed by atoms with Gasteiger partial charge in [-0.2, -0.15) is 0 Å². The smallest absolute Gasteiger partial charge is 0.358 e. The predicted octanol–water partition coefficient (Wildman–Crippen LogP) is 11.3. The van der Waals surface area contributed by atoms with E-state index in [1.54, 1.807) is 0 Å². The summed E-state index contributed by atoms with van der Waals surface area (Å²) >= 11 is 9.39. The summed E-state index contributed by atoms with van der Waals surface area (Å²) in [5, 5.41) is 5.03. The molecule has 0 heterocycles. The van der Waals surface area contributed by atoms with Gasteiger partial charge in [0.15, 0.2) is 0 Å². The fraction of sp³-hybridized carbons (Fsp3) is 0. The van der Waals surface area contributed by atoms with Crippen LogP contribution in [0.3, 0.4) is 0 Å². The molecular weight excluding hydrogens is 667 g/mol. The molecule has 0 saturated carbocycles. The number of benzene rings is 4. The molecule has 4 heteroatoms. The summed E-state index contributed by atoms with van der Waals surface area (Å²) in [7, 11) is 0. The minimum Gasteiger partial charge on any atom is -0.358 e. The van der Waals surface area contributed by atoms with E-state index in [1.165, 1.54) is 53.6 Å². The van der Waals surface area contributed by atoms with Crippen molar-refractivity contribution in [3.8, 4) is 22.3 Å². The van der Waals surface area contributed by atoms with Crippen molar-refractivity contribution in [3.05, 3.63) is 133 Å². The van der Waals surface area contributed by atoms with Gasteiger partial charge in [-0.15, -0.1) is 88.8 Å². The van der Waals surface area contributed by atoms with Crippen LogP contribution in [0.15, 0.2) is 128 Å². The minimum atomic E-state index is 0. The van der Waals surface area contributed by atoms with Crippen LogP contribution >= 0.6 is 43.6 Å². The van der Waals surface area contributed by atoms with E-state index < -0.39 is 0 Å². The third-order valence-electron chi connectivity index (χ3n) is 5.98.